The third-order valence-electron chi connectivity index (χ3n) is 1.82. The van der Waals surface area contributed by atoms with Crippen LogP contribution in [0.4, 0.5) is 5.69 Å². The Morgan fingerprint density at radius 2 is 1.94 bits per heavy atom. The van der Waals surface area contributed by atoms with E-state index in [-0.39, 0.29) is 18.6 Å². The van der Waals surface area contributed by atoms with Crippen LogP contribution in [0.1, 0.15) is 13.8 Å². The van der Waals surface area contributed by atoms with Crippen LogP contribution in [0.25, 0.3) is 0 Å². The fraction of sp³-hybridized carbons (Fsp3) is 0.364. The Bertz CT molecular complexity index is 399. The molecule has 17 heavy (non-hydrogen) atoms. The van der Waals surface area contributed by atoms with Gasteiger partial charge in [0.05, 0.1) is 8.95 Å². The number of nitrogens with one attached hydrogen (secondary N) is 1. The molecule has 4 nitrogen and oxygen atoms in total. The number of carbonyl (C=O) groups is 1. The molecule has 0 radical (unpaired) electrons. The first-order valence-electron chi connectivity index (χ1n) is 5.07. The van der Waals surface area contributed by atoms with Crippen molar-refractivity contribution in [3.05, 3.63) is 21.1 Å². The number of nitrogens with two attached hydrogens (primary N) is 1. The van der Waals surface area contributed by atoms with Gasteiger partial charge in [-0.2, -0.15) is 0 Å². The first kappa shape index (κ1) is 14.3. The number of ether oxygens (including phenoxy) is 1. The molecule has 0 aliphatic rings. The van der Waals surface area contributed by atoms with Crippen LogP contribution in [-0.2, 0) is 4.79 Å². The predicted octanol–water partition coefficient (Wildman–Crippen LogP) is 2.70. The summed E-state index contributed by atoms with van der Waals surface area (Å²) in [7, 11) is 0. The summed E-state index contributed by atoms with van der Waals surface area (Å²) in [4.78, 5) is 11.4. The first-order valence-corrected chi connectivity index (χ1v) is 6.65. The van der Waals surface area contributed by atoms with Crippen molar-refractivity contribution in [3.63, 3.8) is 0 Å². The number of anilines is 1. The van der Waals surface area contributed by atoms with Gasteiger partial charge in [0.25, 0.3) is 5.91 Å². The van der Waals surface area contributed by atoms with Crippen molar-refractivity contribution in [1.82, 2.24) is 5.32 Å². The van der Waals surface area contributed by atoms with Crippen molar-refractivity contribution < 1.29 is 9.53 Å². The number of benzene rings is 1. The molecule has 1 rings (SSSR count). The molecular formula is C11H14Br2N2O2. The first-order chi connectivity index (χ1) is 7.90. The van der Waals surface area contributed by atoms with Crippen LogP contribution < -0.4 is 15.8 Å². The Balaban J connectivity index is 2.67. The van der Waals surface area contributed by atoms with E-state index in [0.29, 0.717) is 20.4 Å². The third kappa shape index (κ3) is 4.55. The van der Waals surface area contributed by atoms with Crippen LogP contribution in [0, 0.1) is 0 Å². The van der Waals surface area contributed by atoms with Gasteiger partial charge in [-0.1, -0.05) is 0 Å². The van der Waals surface area contributed by atoms with Gasteiger partial charge in [-0.15, -0.1) is 0 Å². The van der Waals surface area contributed by atoms with Crippen molar-refractivity contribution in [2.45, 2.75) is 19.9 Å². The Kier molecular flexibility index (Phi) is 5.27. The van der Waals surface area contributed by atoms with Crippen LogP contribution in [0.3, 0.4) is 0 Å². The summed E-state index contributed by atoms with van der Waals surface area (Å²) in [6.45, 7) is 3.76. The van der Waals surface area contributed by atoms with E-state index in [2.05, 4.69) is 37.2 Å². The van der Waals surface area contributed by atoms with Gasteiger partial charge in [0, 0.05) is 11.7 Å². The largest absolute Gasteiger partial charge is 0.481 e. The van der Waals surface area contributed by atoms with Gasteiger partial charge in [-0.25, -0.2) is 0 Å². The van der Waals surface area contributed by atoms with Gasteiger partial charge >= 0.3 is 0 Å². The number of rotatable bonds is 4. The van der Waals surface area contributed by atoms with Crippen LogP contribution in [-0.4, -0.2) is 18.6 Å². The minimum atomic E-state index is -0.157. The lowest BCUT2D eigenvalue weighted by atomic mass is 10.3. The highest BCUT2D eigenvalue weighted by molar-refractivity contribution is 9.11. The zero-order chi connectivity index (χ0) is 13.0. The molecule has 0 heterocycles. The third-order valence-corrected chi connectivity index (χ3v) is 3.00. The summed E-state index contributed by atoms with van der Waals surface area (Å²) in [6, 6.07) is 3.55. The number of carbonyl (C=O) groups excluding carboxylic acids is 1. The van der Waals surface area contributed by atoms with Crippen molar-refractivity contribution in [1.29, 1.82) is 0 Å². The smallest absolute Gasteiger partial charge is 0.258 e. The Hall–Kier alpha value is -0.750. The lowest BCUT2D eigenvalue weighted by Crippen LogP contribution is -2.34. The SMILES string of the molecule is CC(C)NC(=O)COc1c(Br)cc(N)cc1Br. The number of nitrogen functional groups attached to an aromatic ring is 1. The quantitative estimate of drug-likeness (QED) is 0.806. The average molecular weight is 366 g/mol. The maximum Gasteiger partial charge on any atom is 0.258 e. The Morgan fingerprint density at radius 1 is 1.41 bits per heavy atom. The van der Waals surface area contributed by atoms with Crippen LogP contribution in [0.2, 0.25) is 0 Å². The highest BCUT2D eigenvalue weighted by Gasteiger charge is 2.10. The second kappa shape index (κ2) is 6.26. The predicted molar refractivity (Wildman–Crippen MR) is 75.0 cm³/mol. The van der Waals surface area contributed by atoms with Crippen LogP contribution >= 0.6 is 31.9 Å². The average Bonchev–Trinajstić information content (AvgIpc) is 2.14. The molecule has 94 valence electrons. The van der Waals surface area contributed by atoms with E-state index in [9.17, 15) is 4.79 Å². The Labute approximate surface area is 117 Å². The number of hydrogen-bond acceptors (Lipinski definition) is 3. The van der Waals surface area contributed by atoms with E-state index in [1.54, 1.807) is 12.1 Å². The molecule has 0 bridgehead atoms. The lowest BCUT2D eigenvalue weighted by molar-refractivity contribution is -0.123. The minimum absolute atomic E-state index is 0.0285. The van der Waals surface area contributed by atoms with E-state index in [1.165, 1.54) is 0 Å². The van der Waals surface area contributed by atoms with E-state index in [0.717, 1.165) is 0 Å². The molecule has 0 spiro atoms. The van der Waals surface area contributed by atoms with E-state index < -0.39 is 0 Å². The molecule has 0 saturated carbocycles. The molecule has 0 saturated heterocycles. The zero-order valence-electron chi connectivity index (χ0n) is 9.59. The summed E-state index contributed by atoms with van der Waals surface area (Å²) in [5, 5.41) is 2.74. The molecule has 0 fully saturated rings. The van der Waals surface area contributed by atoms with Gasteiger partial charge in [0.15, 0.2) is 6.61 Å². The standard InChI is InChI=1S/C11H14Br2N2O2/c1-6(2)15-10(16)5-17-11-8(12)3-7(14)4-9(11)13/h3-4,6H,5,14H2,1-2H3,(H,15,16). The maximum atomic E-state index is 11.4. The maximum absolute atomic E-state index is 11.4. The molecule has 0 atom stereocenters. The van der Waals surface area contributed by atoms with E-state index in [4.69, 9.17) is 10.5 Å². The van der Waals surface area contributed by atoms with Gasteiger partial charge in [0.1, 0.15) is 5.75 Å². The molecule has 0 aliphatic heterocycles. The second-order valence-electron chi connectivity index (χ2n) is 3.82. The Morgan fingerprint density at radius 3 is 2.41 bits per heavy atom. The fourth-order valence-electron chi connectivity index (χ4n) is 1.22. The van der Waals surface area contributed by atoms with Gasteiger partial charge in [0.2, 0.25) is 0 Å². The molecule has 0 aromatic heterocycles. The second-order valence-corrected chi connectivity index (χ2v) is 5.53. The molecular weight excluding hydrogens is 352 g/mol. The van der Waals surface area contributed by atoms with Gasteiger partial charge in [-0.3, -0.25) is 4.79 Å². The number of amides is 1. The molecule has 1 aromatic rings. The molecule has 0 aliphatic carbocycles. The highest BCUT2D eigenvalue weighted by atomic mass is 79.9. The topological polar surface area (TPSA) is 64.3 Å². The minimum Gasteiger partial charge on any atom is -0.481 e. The summed E-state index contributed by atoms with van der Waals surface area (Å²) < 4.78 is 6.84. The summed E-state index contributed by atoms with van der Waals surface area (Å²) in [6.07, 6.45) is 0. The van der Waals surface area contributed by atoms with Gasteiger partial charge in [-0.05, 0) is 57.8 Å². The molecule has 6 heteroatoms. The van der Waals surface area contributed by atoms with Gasteiger partial charge < -0.3 is 15.8 Å². The lowest BCUT2D eigenvalue weighted by Gasteiger charge is -2.12. The number of hydrogen-bond donors (Lipinski definition) is 2. The van der Waals surface area contributed by atoms with E-state index >= 15 is 0 Å². The summed E-state index contributed by atoms with van der Waals surface area (Å²) >= 11 is 6.66. The van der Waals surface area contributed by atoms with E-state index in [1.807, 2.05) is 13.8 Å². The molecule has 1 aromatic carbocycles. The molecule has 0 unspecified atom stereocenters. The molecule has 1 amide bonds. The molecule has 3 N–H and O–H groups in total. The van der Waals surface area contributed by atoms with Crippen molar-refractivity contribution in [3.8, 4) is 5.75 Å². The van der Waals surface area contributed by atoms with Crippen molar-refractivity contribution in [2.24, 2.45) is 0 Å². The van der Waals surface area contributed by atoms with Crippen molar-refractivity contribution >= 4 is 43.5 Å². The summed E-state index contributed by atoms with van der Waals surface area (Å²) in [5.74, 6) is 0.411. The van der Waals surface area contributed by atoms with Crippen molar-refractivity contribution in [2.75, 3.05) is 12.3 Å². The zero-order valence-corrected chi connectivity index (χ0v) is 12.8. The normalized spacial score (nSPS) is 10.4. The number of halogens is 2. The highest BCUT2D eigenvalue weighted by Crippen LogP contribution is 2.35. The fourth-order valence-corrected chi connectivity index (χ4v) is 2.67. The van der Waals surface area contributed by atoms with Crippen LogP contribution in [0.15, 0.2) is 21.1 Å². The monoisotopic (exact) mass is 364 g/mol. The summed E-state index contributed by atoms with van der Waals surface area (Å²) in [5.41, 5.74) is 6.27. The van der Waals surface area contributed by atoms with Crippen LogP contribution in [0.5, 0.6) is 5.75 Å².